The number of imide groups is 1. The molecule has 2 aromatic rings. The molecule has 0 spiro atoms. The quantitative estimate of drug-likeness (QED) is 0.777. The molecule has 0 unspecified atom stereocenters. The number of carbonyl (C=O) groups is 3. The van der Waals surface area contributed by atoms with Gasteiger partial charge < -0.3 is 10.2 Å². The molecule has 0 saturated carbocycles. The van der Waals surface area contributed by atoms with E-state index in [4.69, 9.17) is 11.6 Å². The van der Waals surface area contributed by atoms with Crippen LogP contribution in [-0.2, 0) is 21.7 Å². The van der Waals surface area contributed by atoms with Gasteiger partial charge >= 0.3 is 6.03 Å². The molecule has 1 N–H and O–H groups in total. The average molecular weight is 406 g/mol. The number of nitrogens with zero attached hydrogens (tertiary/aromatic N) is 2. The first-order valence-corrected chi connectivity index (χ1v) is 9.59. The van der Waals surface area contributed by atoms with Crippen LogP contribution >= 0.6 is 22.9 Å². The third-order valence-corrected chi connectivity index (χ3v) is 5.86. The van der Waals surface area contributed by atoms with Crippen LogP contribution in [0.15, 0.2) is 36.4 Å². The molecule has 2 heterocycles. The van der Waals surface area contributed by atoms with Gasteiger partial charge in [-0.1, -0.05) is 41.4 Å². The fourth-order valence-corrected chi connectivity index (χ4v) is 4.08. The Kier molecular flexibility index (Phi) is 5.26. The maximum Gasteiger partial charge on any atom is 0.325 e. The van der Waals surface area contributed by atoms with Crippen molar-refractivity contribution >= 4 is 40.8 Å². The third-order valence-electron chi connectivity index (χ3n) is 4.64. The fraction of sp³-hybridized carbons (Fsp3) is 0.316. The van der Waals surface area contributed by atoms with E-state index in [2.05, 4.69) is 5.32 Å². The molecular formula is C19H20ClN3O3S. The van der Waals surface area contributed by atoms with Crippen molar-refractivity contribution in [3.05, 3.63) is 56.7 Å². The molecule has 1 fully saturated rings. The Morgan fingerprint density at radius 3 is 2.48 bits per heavy atom. The molecule has 6 nitrogen and oxygen atoms in total. The number of likely N-dealkylation sites (N-methyl/N-ethyl adjacent to an activating group) is 1. The molecule has 1 saturated heterocycles. The molecule has 1 atom stereocenters. The highest BCUT2D eigenvalue weighted by Gasteiger charge is 2.49. The van der Waals surface area contributed by atoms with Gasteiger partial charge in [0, 0.05) is 11.9 Å². The second kappa shape index (κ2) is 7.32. The van der Waals surface area contributed by atoms with Crippen LogP contribution in [0.3, 0.4) is 0 Å². The summed E-state index contributed by atoms with van der Waals surface area (Å²) in [5.74, 6) is -0.756. The van der Waals surface area contributed by atoms with Crippen LogP contribution in [0.25, 0.3) is 0 Å². The Balaban J connectivity index is 1.71. The number of halogens is 1. The Bertz CT molecular complexity index is 896. The number of rotatable bonds is 5. The summed E-state index contributed by atoms with van der Waals surface area (Å²) in [6.07, 6.45) is 0. The molecule has 8 heteroatoms. The number of carbonyl (C=O) groups excluding carboxylic acids is 3. The lowest BCUT2D eigenvalue weighted by molar-refractivity contribution is -0.138. The second-order valence-corrected chi connectivity index (χ2v) is 8.57. The van der Waals surface area contributed by atoms with Crippen LogP contribution in [0.1, 0.15) is 22.9 Å². The van der Waals surface area contributed by atoms with Crippen LogP contribution in [0, 0.1) is 6.92 Å². The van der Waals surface area contributed by atoms with Gasteiger partial charge in [-0.2, -0.15) is 0 Å². The second-order valence-electron chi connectivity index (χ2n) is 6.77. The average Bonchev–Trinajstić information content (AvgIpc) is 3.12. The molecule has 1 aromatic carbocycles. The van der Waals surface area contributed by atoms with Crippen molar-refractivity contribution in [1.82, 2.24) is 15.1 Å². The van der Waals surface area contributed by atoms with Gasteiger partial charge in [-0.05, 0) is 31.5 Å². The van der Waals surface area contributed by atoms with E-state index in [9.17, 15) is 14.4 Å². The number of thiophene rings is 1. The topological polar surface area (TPSA) is 69.7 Å². The van der Waals surface area contributed by atoms with Gasteiger partial charge in [0.2, 0.25) is 5.91 Å². The summed E-state index contributed by atoms with van der Waals surface area (Å²) in [5.41, 5.74) is 0.565. The maximum atomic E-state index is 12.9. The first kappa shape index (κ1) is 19.4. The SMILES string of the molecule is Cc1ccc([C@@]2(C)NC(=O)N(CC(=O)N(C)Cc3ccc(Cl)s3)C2=O)cc1. The molecule has 0 aliphatic carbocycles. The number of hydrogen-bond donors (Lipinski definition) is 1. The number of benzene rings is 1. The van der Waals surface area contributed by atoms with E-state index in [1.54, 1.807) is 20.0 Å². The van der Waals surface area contributed by atoms with E-state index in [1.807, 2.05) is 37.3 Å². The lowest BCUT2D eigenvalue weighted by atomic mass is 9.91. The Labute approximate surface area is 166 Å². The summed E-state index contributed by atoms with van der Waals surface area (Å²) in [5, 5.41) is 2.71. The number of nitrogens with one attached hydrogen (secondary N) is 1. The van der Waals surface area contributed by atoms with E-state index in [-0.39, 0.29) is 12.5 Å². The Morgan fingerprint density at radius 1 is 1.22 bits per heavy atom. The van der Waals surface area contributed by atoms with E-state index in [0.717, 1.165) is 15.3 Å². The zero-order valence-electron chi connectivity index (χ0n) is 15.3. The van der Waals surface area contributed by atoms with Crippen molar-refractivity contribution in [2.45, 2.75) is 25.9 Å². The largest absolute Gasteiger partial charge is 0.339 e. The smallest absolute Gasteiger partial charge is 0.325 e. The van der Waals surface area contributed by atoms with Crippen molar-refractivity contribution in [2.24, 2.45) is 0 Å². The standard InChI is InChI=1S/C19H20ClN3O3S/c1-12-4-6-13(7-5-12)19(2)17(25)23(18(26)21-19)11-16(24)22(3)10-14-8-9-15(20)27-14/h4-9H,10-11H2,1-3H3,(H,21,26)/t19-/m1/s1. The van der Waals surface area contributed by atoms with E-state index in [0.29, 0.717) is 16.4 Å². The highest BCUT2D eigenvalue weighted by Crippen LogP contribution is 2.29. The third kappa shape index (κ3) is 3.84. The molecule has 1 aliphatic rings. The highest BCUT2D eigenvalue weighted by atomic mass is 35.5. The van der Waals surface area contributed by atoms with E-state index in [1.165, 1.54) is 16.2 Å². The summed E-state index contributed by atoms with van der Waals surface area (Å²) in [6, 6.07) is 10.4. The molecule has 142 valence electrons. The lowest BCUT2D eigenvalue weighted by Gasteiger charge is -2.23. The number of amides is 4. The highest BCUT2D eigenvalue weighted by molar-refractivity contribution is 7.16. The van der Waals surface area contributed by atoms with Gasteiger partial charge in [-0.15, -0.1) is 11.3 Å². The minimum Gasteiger partial charge on any atom is -0.339 e. The number of aryl methyl sites for hydroxylation is 1. The fourth-order valence-electron chi connectivity index (χ4n) is 2.94. The first-order valence-electron chi connectivity index (χ1n) is 8.40. The van der Waals surface area contributed by atoms with Crippen molar-refractivity contribution in [3.8, 4) is 0 Å². The molecule has 4 amide bonds. The summed E-state index contributed by atoms with van der Waals surface area (Å²) >= 11 is 7.29. The van der Waals surface area contributed by atoms with E-state index < -0.39 is 17.5 Å². The minimum atomic E-state index is -1.18. The van der Waals surface area contributed by atoms with Crippen LogP contribution in [0.5, 0.6) is 0 Å². The van der Waals surface area contributed by atoms with Crippen molar-refractivity contribution < 1.29 is 14.4 Å². The summed E-state index contributed by atoms with van der Waals surface area (Å²) < 4.78 is 0.647. The van der Waals surface area contributed by atoms with Gasteiger partial charge in [0.15, 0.2) is 0 Å². The van der Waals surface area contributed by atoms with Crippen LogP contribution in [-0.4, -0.2) is 41.2 Å². The Morgan fingerprint density at radius 2 is 1.89 bits per heavy atom. The van der Waals surface area contributed by atoms with Gasteiger partial charge in [0.05, 0.1) is 10.9 Å². The van der Waals surface area contributed by atoms with E-state index >= 15 is 0 Å². The zero-order chi connectivity index (χ0) is 19.8. The molecule has 3 rings (SSSR count). The molecule has 1 aromatic heterocycles. The zero-order valence-corrected chi connectivity index (χ0v) is 16.9. The lowest BCUT2D eigenvalue weighted by Crippen LogP contribution is -2.43. The molecule has 27 heavy (non-hydrogen) atoms. The van der Waals surface area contributed by atoms with Gasteiger partial charge in [-0.3, -0.25) is 14.5 Å². The maximum absolute atomic E-state index is 12.9. The van der Waals surface area contributed by atoms with Crippen LogP contribution in [0.2, 0.25) is 4.34 Å². The minimum absolute atomic E-state index is 0.304. The van der Waals surface area contributed by atoms with Crippen molar-refractivity contribution in [2.75, 3.05) is 13.6 Å². The van der Waals surface area contributed by atoms with Crippen molar-refractivity contribution in [3.63, 3.8) is 0 Å². The van der Waals surface area contributed by atoms with Gasteiger partial charge in [0.1, 0.15) is 12.1 Å². The predicted octanol–water partition coefficient (Wildman–Crippen LogP) is 3.14. The van der Waals surface area contributed by atoms with Gasteiger partial charge in [0.25, 0.3) is 5.91 Å². The van der Waals surface area contributed by atoms with Crippen LogP contribution in [0.4, 0.5) is 4.79 Å². The number of hydrogen-bond acceptors (Lipinski definition) is 4. The number of urea groups is 1. The van der Waals surface area contributed by atoms with Crippen LogP contribution < -0.4 is 5.32 Å². The summed E-state index contributed by atoms with van der Waals surface area (Å²) in [6.45, 7) is 3.67. The summed E-state index contributed by atoms with van der Waals surface area (Å²) in [4.78, 5) is 41.2. The predicted molar refractivity (Wildman–Crippen MR) is 105 cm³/mol. The summed E-state index contributed by atoms with van der Waals surface area (Å²) in [7, 11) is 1.63. The molecule has 0 bridgehead atoms. The van der Waals surface area contributed by atoms with Gasteiger partial charge in [-0.25, -0.2) is 4.79 Å². The Hall–Kier alpha value is -2.38. The first-order chi connectivity index (χ1) is 12.7. The molecule has 0 radical (unpaired) electrons. The normalized spacial score (nSPS) is 19.3. The molecule has 1 aliphatic heterocycles. The monoisotopic (exact) mass is 405 g/mol. The van der Waals surface area contributed by atoms with Crippen molar-refractivity contribution in [1.29, 1.82) is 0 Å². The molecular weight excluding hydrogens is 386 g/mol.